The third kappa shape index (κ3) is 4.25. The SMILES string of the molecule is N#Cc1ccncc1N1CCC(CC(=O)N2CCC(F)(F)CC2)CC1. The van der Waals surface area contributed by atoms with E-state index in [9.17, 15) is 18.8 Å². The second-order valence-corrected chi connectivity index (χ2v) is 6.88. The summed E-state index contributed by atoms with van der Waals surface area (Å²) in [5.41, 5.74) is 1.45. The standard InChI is InChI=1S/C18H22F2N4O/c19-18(20)4-9-24(10-5-18)17(25)11-14-2-7-23(8-3-14)16-13-22-6-1-15(16)12-21/h1,6,13-14H,2-5,7-11H2. The van der Waals surface area contributed by atoms with Crippen molar-refractivity contribution >= 4 is 11.6 Å². The molecule has 0 aromatic carbocycles. The molecular formula is C18H22F2N4O. The van der Waals surface area contributed by atoms with Crippen LogP contribution in [0.15, 0.2) is 18.5 Å². The van der Waals surface area contributed by atoms with Crippen LogP contribution >= 0.6 is 0 Å². The Bertz CT molecular complexity index is 655. The van der Waals surface area contributed by atoms with Crippen LogP contribution in [0.5, 0.6) is 0 Å². The van der Waals surface area contributed by atoms with Gasteiger partial charge in [-0.15, -0.1) is 0 Å². The molecule has 1 aromatic heterocycles. The molecule has 0 spiro atoms. The minimum Gasteiger partial charge on any atom is -0.369 e. The van der Waals surface area contributed by atoms with Crippen molar-refractivity contribution in [3.8, 4) is 6.07 Å². The highest BCUT2D eigenvalue weighted by atomic mass is 19.3. The fraction of sp³-hybridized carbons (Fsp3) is 0.611. The van der Waals surface area contributed by atoms with Crippen LogP contribution in [-0.2, 0) is 4.79 Å². The smallest absolute Gasteiger partial charge is 0.251 e. The van der Waals surface area contributed by atoms with E-state index in [-0.39, 0.29) is 37.8 Å². The van der Waals surface area contributed by atoms with Crippen LogP contribution < -0.4 is 4.90 Å². The zero-order chi connectivity index (χ0) is 17.9. The summed E-state index contributed by atoms with van der Waals surface area (Å²) >= 11 is 0. The molecular weight excluding hydrogens is 326 g/mol. The van der Waals surface area contributed by atoms with Crippen molar-refractivity contribution in [2.24, 2.45) is 5.92 Å². The Balaban J connectivity index is 1.50. The fourth-order valence-corrected chi connectivity index (χ4v) is 3.57. The Hall–Kier alpha value is -2.23. The van der Waals surface area contributed by atoms with Gasteiger partial charge in [-0.05, 0) is 24.8 Å². The molecule has 0 bridgehead atoms. The highest BCUT2D eigenvalue weighted by Crippen LogP contribution is 2.30. The normalized spacial score (nSPS) is 21.0. The van der Waals surface area contributed by atoms with Gasteiger partial charge in [-0.25, -0.2) is 8.78 Å². The number of hydrogen-bond donors (Lipinski definition) is 0. The first-order valence-corrected chi connectivity index (χ1v) is 8.73. The minimum atomic E-state index is -2.62. The van der Waals surface area contributed by atoms with Crippen molar-refractivity contribution in [1.29, 1.82) is 5.26 Å². The molecule has 5 nitrogen and oxygen atoms in total. The summed E-state index contributed by atoms with van der Waals surface area (Å²) in [6.07, 6.45) is 5.00. The van der Waals surface area contributed by atoms with Crippen LogP contribution in [-0.4, -0.2) is 47.9 Å². The summed E-state index contributed by atoms with van der Waals surface area (Å²) in [5, 5.41) is 9.19. The fourth-order valence-electron chi connectivity index (χ4n) is 3.57. The van der Waals surface area contributed by atoms with Gasteiger partial charge in [0.15, 0.2) is 0 Å². The molecule has 0 N–H and O–H groups in total. The van der Waals surface area contributed by atoms with Gasteiger partial charge in [-0.2, -0.15) is 5.26 Å². The molecule has 3 rings (SSSR count). The van der Waals surface area contributed by atoms with Crippen LogP contribution in [0.2, 0.25) is 0 Å². The van der Waals surface area contributed by atoms with Gasteiger partial charge in [0.2, 0.25) is 5.91 Å². The third-order valence-corrected chi connectivity index (χ3v) is 5.19. The second-order valence-electron chi connectivity index (χ2n) is 6.88. The zero-order valence-electron chi connectivity index (χ0n) is 14.1. The number of nitriles is 1. The monoisotopic (exact) mass is 348 g/mol. The molecule has 7 heteroatoms. The molecule has 25 heavy (non-hydrogen) atoms. The quantitative estimate of drug-likeness (QED) is 0.843. The molecule has 0 saturated carbocycles. The van der Waals surface area contributed by atoms with Gasteiger partial charge in [-0.1, -0.05) is 0 Å². The van der Waals surface area contributed by atoms with Crippen molar-refractivity contribution in [2.75, 3.05) is 31.1 Å². The lowest BCUT2D eigenvalue weighted by Gasteiger charge is -2.36. The molecule has 3 heterocycles. The largest absolute Gasteiger partial charge is 0.369 e. The number of likely N-dealkylation sites (tertiary alicyclic amines) is 1. The van der Waals surface area contributed by atoms with Crippen LogP contribution in [0.1, 0.15) is 37.7 Å². The van der Waals surface area contributed by atoms with E-state index < -0.39 is 5.92 Å². The summed E-state index contributed by atoms with van der Waals surface area (Å²) in [6.45, 7) is 1.87. The van der Waals surface area contributed by atoms with Gasteiger partial charge in [0.25, 0.3) is 5.92 Å². The van der Waals surface area contributed by atoms with Gasteiger partial charge < -0.3 is 9.80 Å². The molecule has 2 aliphatic rings. The lowest BCUT2D eigenvalue weighted by atomic mass is 9.92. The molecule has 1 amide bonds. The molecule has 134 valence electrons. The van der Waals surface area contributed by atoms with E-state index in [0.717, 1.165) is 31.6 Å². The Morgan fingerprint density at radius 3 is 2.60 bits per heavy atom. The highest BCUT2D eigenvalue weighted by Gasteiger charge is 2.36. The Morgan fingerprint density at radius 1 is 1.28 bits per heavy atom. The summed E-state index contributed by atoms with van der Waals surface area (Å²) in [6, 6.07) is 3.89. The van der Waals surface area contributed by atoms with Gasteiger partial charge in [0, 0.05) is 51.6 Å². The first-order chi connectivity index (χ1) is 12.0. The summed E-state index contributed by atoms with van der Waals surface area (Å²) in [5.74, 6) is -2.36. The van der Waals surface area contributed by atoms with Crippen molar-refractivity contribution in [2.45, 2.75) is 38.0 Å². The Morgan fingerprint density at radius 2 is 1.96 bits per heavy atom. The molecule has 2 saturated heterocycles. The summed E-state index contributed by atoms with van der Waals surface area (Å²) in [4.78, 5) is 20.2. The number of carbonyl (C=O) groups excluding carboxylic acids is 1. The molecule has 2 fully saturated rings. The maximum Gasteiger partial charge on any atom is 0.251 e. The van der Waals surface area contributed by atoms with Crippen molar-refractivity contribution in [3.05, 3.63) is 24.0 Å². The lowest BCUT2D eigenvalue weighted by molar-refractivity contribution is -0.138. The maximum absolute atomic E-state index is 13.2. The van der Waals surface area contributed by atoms with E-state index in [0.29, 0.717) is 12.0 Å². The first-order valence-electron chi connectivity index (χ1n) is 8.73. The summed E-state index contributed by atoms with van der Waals surface area (Å²) < 4.78 is 26.4. The number of alkyl halides is 2. The van der Waals surface area contributed by atoms with E-state index in [1.807, 2.05) is 0 Å². The number of hydrogen-bond acceptors (Lipinski definition) is 4. The number of piperidine rings is 2. The number of carbonyl (C=O) groups is 1. The molecule has 0 atom stereocenters. The summed E-state index contributed by atoms with van der Waals surface area (Å²) in [7, 11) is 0. The van der Waals surface area contributed by atoms with Crippen molar-refractivity contribution in [1.82, 2.24) is 9.88 Å². The van der Waals surface area contributed by atoms with Crippen LogP contribution in [0.25, 0.3) is 0 Å². The molecule has 0 radical (unpaired) electrons. The average Bonchev–Trinajstić information content (AvgIpc) is 2.62. The number of nitrogens with zero attached hydrogens (tertiary/aromatic N) is 4. The molecule has 0 aliphatic carbocycles. The molecule has 1 aromatic rings. The predicted octanol–water partition coefficient (Wildman–Crippen LogP) is 2.82. The predicted molar refractivity (Wildman–Crippen MR) is 89.3 cm³/mol. The van der Waals surface area contributed by atoms with E-state index in [2.05, 4.69) is 16.0 Å². The second kappa shape index (κ2) is 7.34. The minimum absolute atomic E-state index is 0.00644. The van der Waals surface area contributed by atoms with E-state index in [4.69, 9.17) is 0 Å². The van der Waals surface area contributed by atoms with Crippen LogP contribution in [0.3, 0.4) is 0 Å². The number of pyridine rings is 1. The van der Waals surface area contributed by atoms with Gasteiger partial charge in [0.05, 0.1) is 17.4 Å². The first kappa shape index (κ1) is 17.6. The number of halogens is 2. The number of anilines is 1. The van der Waals surface area contributed by atoms with Crippen molar-refractivity contribution in [3.63, 3.8) is 0 Å². The third-order valence-electron chi connectivity index (χ3n) is 5.19. The number of amides is 1. The Kier molecular flexibility index (Phi) is 5.16. The van der Waals surface area contributed by atoms with Crippen LogP contribution in [0, 0.1) is 17.2 Å². The van der Waals surface area contributed by atoms with Gasteiger partial charge >= 0.3 is 0 Å². The van der Waals surface area contributed by atoms with Gasteiger partial charge in [0.1, 0.15) is 6.07 Å². The van der Waals surface area contributed by atoms with Crippen LogP contribution in [0.4, 0.5) is 14.5 Å². The molecule has 2 aliphatic heterocycles. The maximum atomic E-state index is 13.2. The number of rotatable bonds is 3. The van der Waals surface area contributed by atoms with Gasteiger partial charge in [-0.3, -0.25) is 9.78 Å². The zero-order valence-corrected chi connectivity index (χ0v) is 14.1. The number of aromatic nitrogens is 1. The Labute approximate surface area is 146 Å². The average molecular weight is 348 g/mol. The highest BCUT2D eigenvalue weighted by molar-refractivity contribution is 5.76. The van der Waals surface area contributed by atoms with E-state index in [1.165, 1.54) is 0 Å². The van der Waals surface area contributed by atoms with Crippen molar-refractivity contribution < 1.29 is 13.6 Å². The van der Waals surface area contributed by atoms with E-state index >= 15 is 0 Å². The lowest BCUT2D eigenvalue weighted by Crippen LogP contribution is -2.44. The molecule has 0 unspecified atom stereocenters. The van der Waals surface area contributed by atoms with E-state index in [1.54, 1.807) is 23.4 Å². The topological polar surface area (TPSA) is 60.2 Å².